The van der Waals surface area contributed by atoms with Crippen LogP contribution < -0.4 is 21.5 Å². The Bertz CT molecular complexity index is 1230. The number of benzene rings is 1. The van der Waals surface area contributed by atoms with E-state index in [0.29, 0.717) is 11.3 Å². The number of thiazole rings is 1. The Morgan fingerprint density at radius 3 is 2.62 bits per heavy atom. The van der Waals surface area contributed by atoms with Crippen molar-refractivity contribution in [3.05, 3.63) is 40.9 Å². The molecule has 0 saturated carbocycles. The van der Waals surface area contributed by atoms with Crippen LogP contribution in [0.1, 0.15) is 32.0 Å². The topological polar surface area (TPSA) is 186 Å². The number of ether oxygens (including phenoxy) is 1. The highest BCUT2D eigenvalue weighted by Gasteiger charge is 2.78. The Hall–Kier alpha value is -3.52. The quantitative estimate of drug-likeness (QED) is 0.123. The zero-order chi connectivity index (χ0) is 24.8. The van der Waals surface area contributed by atoms with E-state index in [9.17, 15) is 13.8 Å². The lowest BCUT2D eigenvalue weighted by molar-refractivity contribution is -0.139. The van der Waals surface area contributed by atoms with E-state index in [1.807, 2.05) is 0 Å². The number of anilines is 1. The number of oxime groups is 1. The zero-order valence-electron chi connectivity index (χ0n) is 18.5. The summed E-state index contributed by atoms with van der Waals surface area (Å²) >= 11 is 1.12. The van der Waals surface area contributed by atoms with E-state index in [0.717, 1.165) is 11.3 Å². The number of amidine groups is 1. The lowest BCUT2D eigenvalue weighted by Gasteiger charge is -2.29. The Morgan fingerprint density at radius 1 is 1.41 bits per heavy atom. The van der Waals surface area contributed by atoms with Crippen molar-refractivity contribution in [2.24, 2.45) is 10.9 Å². The maximum absolute atomic E-state index is 12.9. The van der Waals surface area contributed by atoms with E-state index in [2.05, 4.69) is 15.5 Å². The third kappa shape index (κ3) is 4.21. The summed E-state index contributed by atoms with van der Waals surface area (Å²) in [7, 11) is -1.45. The molecule has 14 heteroatoms. The molecule has 0 radical (unpaired) electrons. The fraction of sp³-hybridized carbons (Fsp3) is 0.350. The Balaban J connectivity index is 1.44. The van der Waals surface area contributed by atoms with Crippen molar-refractivity contribution in [2.75, 3.05) is 12.3 Å². The molecule has 6 N–H and O–H groups in total. The normalized spacial score (nSPS) is 23.6. The Labute approximate surface area is 201 Å². The number of fused-ring (bicyclic) bond motifs is 1. The van der Waals surface area contributed by atoms with Crippen molar-refractivity contribution in [2.45, 2.75) is 37.3 Å². The number of nitrogens with zero attached hydrogens (tertiary/aromatic N) is 3. The molecule has 2 aliphatic heterocycles. The molecule has 0 aliphatic carbocycles. The maximum Gasteiger partial charge on any atom is 0.276 e. The monoisotopic (exact) mass is 505 g/mol. The van der Waals surface area contributed by atoms with Crippen molar-refractivity contribution in [3.8, 4) is 5.75 Å². The second-order valence-corrected chi connectivity index (χ2v) is 11.0. The van der Waals surface area contributed by atoms with Crippen LogP contribution in [0, 0.1) is 5.41 Å². The van der Waals surface area contributed by atoms with Gasteiger partial charge in [-0.05, 0) is 45.0 Å². The zero-order valence-corrected chi connectivity index (χ0v) is 20.2. The van der Waals surface area contributed by atoms with E-state index in [-0.39, 0.29) is 29.0 Å². The number of nitrogens with one attached hydrogen (secondary N) is 2. The van der Waals surface area contributed by atoms with Gasteiger partial charge in [-0.25, -0.2) is 13.5 Å². The van der Waals surface area contributed by atoms with Crippen LogP contribution in [0.3, 0.4) is 0 Å². The third-order valence-corrected chi connectivity index (χ3v) is 7.77. The van der Waals surface area contributed by atoms with Gasteiger partial charge in [-0.1, -0.05) is 5.16 Å². The number of amides is 2. The van der Waals surface area contributed by atoms with Gasteiger partial charge >= 0.3 is 0 Å². The number of hydrogen-bond donors (Lipinski definition) is 4. The summed E-state index contributed by atoms with van der Waals surface area (Å²) in [5.41, 5.74) is 10.9. The minimum Gasteiger partial charge on any atom is -0.484 e. The molecule has 34 heavy (non-hydrogen) atoms. The van der Waals surface area contributed by atoms with Crippen molar-refractivity contribution in [3.63, 3.8) is 0 Å². The number of nitrogen functional groups attached to an aromatic ring is 2. The lowest BCUT2D eigenvalue weighted by atomic mass is 10.0. The molecule has 12 nitrogen and oxygen atoms in total. The summed E-state index contributed by atoms with van der Waals surface area (Å²) in [4.78, 5) is 33.6. The average Bonchev–Trinajstić information content (AvgIpc) is 3.03. The minimum absolute atomic E-state index is 0.0320. The van der Waals surface area contributed by atoms with Gasteiger partial charge in [0, 0.05) is 10.9 Å². The molecular formula is C20H23N7O5S2. The second-order valence-electron chi connectivity index (χ2n) is 8.43. The number of β-lactam (4-membered cyclic amide) rings is 1. The largest absolute Gasteiger partial charge is 0.484 e. The van der Waals surface area contributed by atoms with Crippen LogP contribution in [0.4, 0.5) is 5.13 Å². The first-order chi connectivity index (χ1) is 15.9. The number of carbonyl (C=O) groups excluding carboxylic acids is 2. The number of rotatable bonds is 9. The lowest BCUT2D eigenvalue weighted by Crippen LogP contribution is -2.62. The Kier molecular flexibility index (Phi) is 5.81. The van der Waals surface area contributed by atoms with Gasteiger partial charge < -0.3 is 26.4 Å². The van der Waals surface area contributed by atoms with Gasteiger partial charge in [0.2, 0.25) is 0 Å². The molecule has 2 aromatic rings. The maximum atomic E-state index is 12.9. The molecule has 2 aliphatic rings. The Morgan fingerprint density at radius 2 is 2.09 bits per heavy atom. The minimum atomic E-state index is -1.45. The van der Waals surface area contributed by atoms with Crippen molar-refractivity contribution in [1.29, 1.82) is 5.41 Å². The molecule has 1 aromatic carbocycles. The summed E-state index contributed by atoms with van der Waals surface area (Å²) < 4.78 is 19.0. The van der Waals surface area contributed by atoms with E-state index in [1.54, 1.807) is 50.4 Å². The highest BCUT2D eigenvalue weighted by Crippen LogP contribution is 2.52. The molecule has 2 saturated heterocycles. The number of carbonyl (C=O) groups is 2. The molecule has 2 amide bonds. The van der Waals surface area contributed by atoms with E-state index >= 15 is 0 Å². The molecule has 2 fully saturated rings. The van der Waals surface area contributed by atoms with Crippen LogP contribution in [0.15, 0.2) is 34.8 Å². The van der Waals surface area contributed by atoms with Gasteiger partial charge in [0.1, 0.15) is 28.9 Å². The van der Waals surface area contributed by atoms with Crippen LogP contribution in [0.2, 0.25) is 0 Å². The predicted molar refractivity (Wildman–Crippen MR) is 127 cm³/mol. The number of nitrogens with two attached hydrogens (primary N) is 2. The van der Waals surface area contributed by atoms with Crippen molar-refractivity contribution < 1.29 is 23.4 Å². The summed E-state index contributed by atoms with van der Waals surface area (Å²) in [6, 6.07) is 5.77. The average molecular weight is 506 g/mol. The van der Waals surface area contributed by atoms with Crippen LogP contribution in [0.25, 0.3) is 0 Å². The molecule has 3 atom stereocenters. The van der Waals surface area contributed by atoms with Crippen LogP contribution in [-0.2, 0) is 25.4 Å². The van der Waals surface area contributed by atoms with Crippen LogP contribution >= 0.6 is 11.3 Å². The SMILES string of the molecule is CC(C)(CO/N=C(\C(=O)N[C@H]1C(=O)N2S(=O)[C@@]12C)c1csc(N)n1)Oc1ccc(C(=N)N)cc1. The van der Waals surface area contributed by atoms with E-state index in [4.69, 9.17) is 26.5 Å². The highest BCUT2D eigenvalue weighted by molar-refractivity contribution is 7.92. The van der Waals surface area contributed by atoms with Gasteiger partial charge in [-0.2, -0.15) is 0 Å². The van der Waals surface area contributed by atoms with Gasteiger partial charge in [-0.15, -0.1) is 11.3 Å². The molecule has 0 spiro atoms. The van der Waals surface area contributed by atoms with Gasteiger partial charge in [-0.3, -0.25) is 15.0 Å². The first-order valence-electron chi connectivity index (χ1n) is 10.1. The summed E-state index contributed by atoms with van der Waals surface area (Å²) in [6.45, 7) is 5.14. The van der Waals surface area contributed by atoms with Gasteiger partial charge in [0.15, 0.2) is 33.3 Å². The first-order valence-corrected chi connectivity index (χ1v) is 12.0. The fourth-order valence-electron chi connectivity index (χ4n) is 3.36. The summed E-state index contributed by atoms with van der Waals surface area (Å²) in [5.74, 6) is -0.633. The molecule has 0 bridgehead atoms. The summed E-state index contributed by atoms with van der Waals surface area (Å²) in [5, 5.41) is 15.7. The molecule has 1 unspecified atom stereocenters. The smallest absolute Gasteiger partial charge is 0.276 e. The fourth-order valence-corrected chi connectivity index (χ4v) is 5.33. The predicted octanol–water partition coefficient (Wildman–Crippen LogP) is 0.308. The van der Waals surface area contributed by atoms with Crippen LogP contribution in [0.5, 0.6) is 5.75 Å². The third-order valence-electron chi connectivity index (χ3n) is 5.26. The molecular weight excluding hydrogens is 482 g/mol. The first kappa shape index (κ1) is 23.6. The van der Waals surface area contributed by atoms with Crippen molar-refractivity contribution >= 4 is 50.8 Å². The summed E-state index contributed by atoms with van der Waals surface area (Å²) in [6.07, 6.45) is 0. The molecule has 1 aromatic heterocycles. The van der Waals surface area contributed by atoms with E-state index < -0.39 is 39.3 Å². The van der Waals surface area contributed by atoms with E-state index in [1.165, 1.54) is 4.31 Å². The van der Waals surface area contributed by atoms with Crippen LogP contribution in [-0.4, -0.2) is 60.0 Å². The second kappa shape index (κ2) is 8.36. The molecule has 3 heterocycles. The van der Waals surface area contributed by atoms with Crippen molar-refractivity contribution in [1.82, 2.24) is 14.6 Å². The number of hydrogen-bond acceptors (Lipinski definition) is 10. The molecule has 180 valence electrons. The van der Waals surface area contributed by atoms with Gasteiger partial charge in [0.05, 0.1) is 0 Å². The standard InChI is InChI=1S/C20H23N7O5S2/c1-19(2,32-11-6-4-10(5-7-11)15(21)22)9-31-26-13(12-8-33-18(23)24-12)16(28)25-14-17(29)27-20(14,3)34(27)30/h4-8,14H,9H2,1-3H3,(H3,21,22)(H2,23,24)(H,25,28)/b26-13-/t14-,20-,27?,34?/m0/s1. The number of aromatic nitrogens is 1. The highest BCUT2D eigenvalue weighted by atomic mass is 32.2. The molecule has 4 rings (SSSR count). The van der Waals surface area contributed by atoms with Gasteiger partial charge in [0.25, 0.3) is 11.8 Å².